The van der Waals surface area contributed by atoms with E-state index < -0.39 is 0 Å². The van der Waals surface area contributed by atoms with E-state index in [2.05, 4.69) is 20.3 Å². The Morgan fingerprint density at radius 1 is 1.15 bits per heavy atom. The molecule has 0 aliphatic carbocycles. The molecular weight excluding hydrogens is 274 g/mol. The molecule has 0 saturated carbocycles. The summed E-state index contributed by atoms with van der Waals surface area (Å²) in [5, 5.41) is 3.57. The third-order valence-electron chi connectivity index (χ3n) is 2.50. The van der Waals surface area contributed by atoms with Crippen LogP contribution in [0.1, 0.15) is 0 Å². The van der Waals surface area contributed by atoms with Gasteiger partial charge in [-0.2, -0.15) is 15.0 Å². The monoisotopic (exact) mass is 291 g/mol. The van der Waals surface area contributed by atoms with Crippen LogP contribution >= 0.6 is 11.8 Å². The van der Waals surface area contributed by atoms with Crippen LogP contribution in [0.3, 0.4) is 0 Å². The fourth-order valence-corrected chi connectivity index (χ4v) is 2.36. The van der Waals surface area contributed by atoms with Gasteiger partial charge in [0, 0.05) is 21.1 Å². The Morgan fingerprint density at radius 2 is 1.90 bits per heavy atom. The predicted molar refractivity (Wildman–Crippen MR) is 80.8 cm³/mol. The number of hydrogen-bond donors (Lipinski definition) is 1. The minimum absolute atomic E-state index is 0.543. The van der Waals surface area contributed by atoms with Crippen molar-refractivity contribution in [3.05, 3.63) is 24.3 Å². The first-order chi connectivity index (χ1) is 9.63. The number of anilines is 2. The Hall–Kier alpha value is -2.02. The van der Waals surface area contributed by atoms with Crippen molar-refractivity contribution in [2.75, 3.05) is 38.5 Å². The van der Waals surface area contributed by atoms with Crippen LogP contribution < -0.4 is 15.0 Å². The van der Waals surface area contributed by atoms with Crippen molar-refractivity contribution < 1.29 is 4.74 Å². The molecule has 1 N–H and O–H groups in total. The lowest BCUT2D eigenvalue weighted by Gasteiger charge is -2.12. The first kappa shape index (κ1) is 14.4. The van der Waals surface area contributed by atoms with E-state index in [0.29, 0.717) is 17.1 Å². The fourth-order valence-electron chi connectivity index (χ4n) is 1.50. The van der Waals surface area contributed by atoms with Crippen LogP contribution in [-0.4, -0.2) is 43.2 Å². The molecule has 2 aromatic rings. The Balaban J connectivity index is 2.35. The molecule has 1 aromatic heterocycles. The number of nitrogens with one attached hydrogen (secondary N) is 1. The van der Waals surface area contributed by atoms with Crippen LogP contribution in [0.25, 0.3) is 0 Å². The molecule has 1 heterocycles. The van der Waals surface area contributed by atoms with Crippen LogP contribution in [0.15, 0.2) is 34.3 Å². The second-order valence-electron chi connectivity index (χ2n) is 4.14. The Bertz CT molecular complexity index is 591. The first-order valence-corrected chi connectivity index (χ1v) is 6.87. The van der Waals surface area contributed by atoms with Gasteiger partial charge in [0.15, 0.2) is 5.16 Å². The molecule has 0 spiro atoms. The van der Waals surface area contributed by atoms with E-state index in [0.717, 1.165) is 10.6 Å². The summed E-state index contributed by atoms with van der Waals surface area (Å²) in [6, 6.07) is 7.77. The van der Waals surface area contributed by atoms with Crippen LogP contribution in [0.2, 0.25) is 0 Å². The lowest BCUT2D eigenvalue weighted by atomic mass is 10.3. The van der Waals surface area contributed by atoms with E-state index in [1.54, 1.807) is 14.2 Å². The Kier molecular flexibility index (Phi) is 4.62. The summed E-state index contributed by atoms with van der Waals surface area (Å²) in [5.41, 5.74) is 0. The maximum atomic E-state index is 5.33. The number of methoxy groups -OCH3 is 1. The average molecular weight is 291 g/mol. The van der Waals surface area contributed by atoms with Crippen LogP contribution in [0.5, 0.6) is 5.75 Å². The molecule has 0 radical (unpaired) electrons. The highest BCUT2D eigenvalue weighted by atomic mass is 32.2. The number of hydrogen-bond acceptors (Lipinski definition) is 7. The van der Waals surface area contributed by atoms with Gasteiger partial charge in [-0.15, -0.1) is 0 Å². The molecular formula is C13H17N5OS. The summed E-state index contributed by atoms with van der Waals surface area (Å²) in [6.45, 7) is 0. The van der Waals surface area contributed by atoms with Gasteiger partial charge < -0.3 is 15.0 Å². The third-order valence-corrected chi connectivity index (χ3v) is 3.42. The standard InChI is InChI=1S/C13H17N5OS/c1-14-11-15-12(18(2)3)17-13(16-11)20-10-8-6-5-7-9(10)19-4/h5-8H,1-4H3,(H,14,15,16,17). The normalized spacial score (nSPS) is 10.2. The highest BCUT2D eigenvalue weighted by molar-refractivity contribution is 7.99. The lowest BCUT2D eigenvalue weighted by molar-refractivity contribution is 0.405. The highest BCUT2D eigenvalue weighted by Gasteiger charge is 2.11. The molecule has 2 rings (SSSR count). The van der Waals surface area contributed by atoms with E-state index in [4.69, 9.17) is 4.74 Å². The summed E-state index contributed by atoms with van der Waals surface area (Å²) < 4.78 is 5.33. The van der Waals surface area contributed by atoms with E-state index in [1.165, 1.54) is 11.8 Å². The Morgan fingerprint density at radius 3 is 2.55 bits per heavy atom. The molecule has 0 fully saturated rings. The SMILES string of the molecule is CNc1nc(Sc2ccccc2OC)nc(N(C)C)n1. The number of para-hydroxylation sites is 1. The van der Waals surface area contributed by atoms with Gasteiger partial charge in [0.2, 0.25) is 11.9 Å². The summed E-state index contributed by atoms with van der Waals surface area (Å²) in [7, 11) is 7.22. The molecule has 0 unspecified atom stereocenters. The van der Waals surface area contributed by atoms with Gasteiger partial charge in [0.05, 0.1) is 12.0 Å². The van der Waals surface area contributed by atoms with Crippen molar-refractivity contribution in [1.82, 2.24) is 15.0 Å². The minimum atomic E-state index is 0.543. The fraction of sp³-hybridized carbons (Fsp3) is 0.308. The van der Waals surface area contributed by atoms with Gasteiger partial charge in [0.25, 0.3) is 0 Å². The topological polar surface area (TPSA) is 63.2 Å². The summed E-state index contributed by atoms with van der Waals surface area (Å²) in [6.07, 6.45) is 0. The van der Waals surface area contributed by atoms with Gasteiger partial charge in [-0.3, -0.25) is 0 Å². The zero-order chi connectivity index (χ0) is 14.5. The molecule has 106 valence electrons. The molecule has 0 bridgehead atoms. The number of benzene rings is 1. The Labute approximate surface area is 122 Å². The molecule has 6 nitrogen and oxygen atoms in total. The predicted octanol–water partition coefficient (Wildman–Crippen LogP) is 2.14. The summed E-state index contributed by atoms with van der Waals surface area (Å²) in [5.74, 6) is 1.96. The van der Waals surface area contributed by atoms with Gasteiger partial charge in [-0.1, -0.05) is 12.1 Å². The summed E-state index contributed by atoms with van der Waals surface area (Å²) in [4.78, 5) is 15.9. The van der Waals surface area contributed by atoms with Crippen LogP contribution in [0, 0.1) is 0 Å². The molecule has 7 heteroatoms. The van der Waals surface area contributed by atoms with E-state index in [-0.39, 0.29) is 0 Å². The van der Waals surface area contributed by atoms with Crippen molar-refractivity contribution in [2.24, 2.45) is 0 Å². The second kappa shape index (κ2) is 6.42. The lowest BCUT2D eigenvalue weighted by Crippen LogP contribution is -2.15. The number of ether oxygens (including phenoxy) is 1. The molecule has 0 amide bonds. The number of aromatic nitrogens is 3. The molecule has 0 saturated heterocycles. The van der Waals surface area contributed by atoms with Crippen LogP contribution in [-0.2, 0) is 0 Å². The van der Waals surface area contributed by atoms with Gasteiger partial charge in [0.1, 0.15) is 5.75 Å². The van der Waals surface area contributed by atoms with Crippen molar-refractivity contribution in [3.8, 4) is 5.75 Å². The quantitative estimate of drug-likeness (QED) is 0.905. The maximum absolute atomic E-state index is 5.33. The van der Waals surface area contributed by atoms with Gasteiger partial charge in [-0.25, -0.2) is 0 Å². The largest absolute Gasteiger partial charge is 0.496 e. The number of nitrogens with zero attached hydrogens (tertiary/aromatic N) is 4. The van der Waals surface area contributed by atoms with E-state index >= 15 is 0 Å². The average Bonchev–Trinajstić information content (AvgIpc) is 2.47. The zero-order valence-corrected chi connectivity index (χ0v) is 12.7. The van der Waals surface area contributed by atoms with Crippen molar-refractivity contribution in [3.63, 3.8) is 0 Å². The second-order valence-corrected chi connectivity index (χ2v) is 5.15. The van der Waals surface area contributed by atoms with Gasteiger partial charge in [-0.05, 0) is 23.9 Å². The van der Waals surface area contributed by atoms with Gasteiger partial charge >= 0.3 is 0 Å². The molecule has 20 heavy (non-hydrogen) atoms. The van der Waals surface area contributed by atoms with Crippen molar-refractivity contribution in [1.29, 1.82) is 0 Å². The minimum Gasteiger partial charge on any atom is -0.496 e. The zero-order valence-electron chi connectivity index (χ0n) is 11.9. The first-order valence-electron chi connectivity index (χ1n) is 6.06. The smallest absolute Gasteiger partial charge is 0.230 e. The number of rotatable bonds is 5. The van der Waals surface area contributed by atoms with Crippen molar-refractivity contribution in [2.45, 2.75) is 10.1 Å². The molecule has 0 aliphatic heterocycles. The summed E-state index contributed by atoms with van der Waals surface area (Å²) >= 11 is 1.45. The molecule has 0 atom stereocenters. The van der Waals surface area contributed by atoms with Crippen molar-refractivity contribution >= 4 is 23.7 Å². The van der Waals surface area contributed by atoms with E-state index in [1.807, 2.05) is 43.3 Å². The molecule has 0 aliphatic rings. The maximum Gasteiger partial charge on any atom is 0.230 e. The van der Waals surface area contributed by atoms with Crippen LogP contribution in [0.4, 0.5) is 11.9 Å². The van der Waals surface area contributed by atoms with E-state index in [9.17, 15) is 0 Å². The highest BCUT2D eigenvalue weighted by Crippen LogP contribution is 2.33. The third kappa shape index (κ3) is 3.30. The molecule has 1 aromatic carbocycles.